The number of amides is 6. The second kappa shape index (κ2) is 22.3. The summed E-state index contributed by atoms with van der Waals surface area (Å²) in [4.78, 5) is 83.0. The summed E-state index contributed by atoms with van der Waals surface area (Å²) in [6.07, 6.45) is 8.98. The number of carbonyl (C=O) groups is 6. The third-order valence-electron chi connectivity index (χ3n) is 11.9. The summed E-state index contributed by atoms with van der Waals surface area (Å²) >= 11 is 0. The topological polar surface area (TPSA) is 201 Å². The molecule has 3 aromatic carbocycles. The number of ether oxygens (including phenoxy) is 2. The van der Waals surface area contributed by atoms with Crippen molar-refractivity contribution in [2.24, 2.45) is 0 Å². The van der Waals surface area contributed by atoms with E-state index in [0.29, 0.717) is 55.2 Å². The first-order valence-corrected chi connectivity index (χ1v) is 24.3. The third-order valence-corrected chi connectivity index (χ3v) is 12.8. The lowest BCUT2D eigenvalue weighted by atomic mass is 9.90. The Balaban J connectivity index is 0.865. The lowest BCUT2D eigenvalue weighted by molar-refractivity contribution is -0.134. The number of piperidine rings is 1. The Bertz CT molecular complexity index is 2310. The molecular formula is C47H60N6O10S. The summed E-state index contributed by atoms with van der Waals surface area (Å²) in [5, 5.41) is 8.18. The molecule has 3 N–H and O–H groups in total. The zero-order chi connectivity index (χ0) is 45.8. The van der Waals surface area contributed by atoms with Crippen molar-refractivity contribution < 1.29 is 46.7 Å². The van der Waals surface area contributed by atoms with E-state index in [1.165, 1.54) is 13.2 Å². The van der Waals surface area contributed by atoms with Crippen molar-refractivity contribution in [2.45, 2.75) is 83.1 Å². The molecule has 6 rings (SSSR count). The molecule has 2 unspecified atom stereocenters. The lowest BCUT2D eigenvalue weighted by Crippen LogP contribution is -2.48. The van der Waals surface area contributed by atoms with Gasteiger partial charge in [0.25, 0.3) is 11.8 Å². The molecule has 16 nitrogen and oxygen atoms in total. The number of rotatable bonds is 22. The van der Waals surface area contributed by atoms with Crippen molar-refractivity contribution in [3.63, 3.8) is 0 Å². The Morgan fingerprint density at radius 1 is 0.812 bits per heavy atom. The van der Waals surface area contributed by atoms with Crippen LogP contribution in [0.15, 0.2) is 60.7 Å². The van der Waals surface area contributed by atoms with E-state index in [0.717, 1.165) is 88.0 Å². The van der Waals surface area contributed by atoms with Crippen LogP contribution in [0.3, 0.4) is 0 Å². The summed E-state index contributed by atoms with van der Waals surface area (Å²) in [6.45, 7) is 6.84. The fourth-order valence-electron chi connectivity index (χ4n) is 8.60. The molecule has 344 valence electrons. The SMILES string of the molecule is CCOc1cc(C(CS(C)(=O)=O)N2C(=O)c3cccc(NC(=O)CCCCCCCCCN4CCN(CC(=O)Nc5cccc(C6CCC(=O)NC6=O)c5)CC4)c3C2=O)ccc1OC. The first-order valence-electron chi connectivity index (χ1n) is 22.2. The number of piperazine rings is 1. The van der Waals surface area contributed by atoms with Crippen molar-refractivity contribution in [3.05, 3.63) is 82.9 Å². The quantitative estimate of drug-likeness (QED) is 0.0869. The maximum atomic E-state index is 14.0. The number of imide groups is 2. The lowest BCUT2D eigenvalue weighted by Gasteiger charge is -2.34. The van der Waals surface area contributed by atoms with Gasteiger partial charge in [-0.3, -0.25) is 43.9 Å². The molecule has 17 heteroatoms. The van der Waals surface area contributed by atoms with Gasteiger partial charge in [0, 0.05) is 51.0 Å². The highest BCUT2D eigenvalue weighted by molar-refractivity contribution is 7.90. The van der Waals surface area contributed by atoms with E-state index in [4.69, 9.17) is 9.47 Å². The van der Waals surface area contributed by atoms with Gasteiger partial charge in [-0.05, 0) is 80.3 Å². The number of hydrogen-bond donors (Lipinski definition) is 3. The maximum Gasteiger partial charge on any atom is 0.264 e. The number of nitrogens with zero attached hydrogens (tertiary/aromatic N) is 3. The van der Waals surface area contributed by atoms with E-state index in [9.17, 15) is 37.2 Å². The minimum Gasteiger partial charge on any atom is -0.493 e. The van der Waals surface area contributed by atoms with Crippen LogP contribution in [0.5, 0.6) is 11.5 Å². The van der Waals surface area contributed by atoms with E-state index in [2.05, 4.69) is 25.8 Å². The summed E-state index contributed by atoms with van der Waals surface area (Å²) in [5.41, 5.74) is 2.15. The Labute approximate surface area is 375 Å². The van der Waals surface area contributed by atoms with Crippen LogP contribution in [0, 0.1) is 0 Å². The average Bonchev–Trinajstić information content (AvgIpc) is 3.51. The van der Waals surface area contributed by atoms with Crippen molar-refractivity contribution in [1.29, 1.82) is 0 Å². The van der Waals surface area contributed by atoms with Gasteiger partial charge >= 0.3 is 0 Å². The van der Waals surface area contributed by atoms with Gasteiger partial charge in [-0.1, -0.05) is 56.4 Å². The predicted octanol–water partition coefficient (Wildman–Crippen LogP) is 5.31. The smallest absolute Gasteiger partial charge is 0.264 e. The molecular weight excluding hydrogens is 841 g/mol. The molecule has 3 aliphatic heterocycles. The molecule has 0 bridgehead atoms. The molecule has 0 spiro atoms. The molecule has 0 aliphatic carbocycles. The normalized spacial score (nSPS) is 17.5. The molecule has 0 aromatic heterocycles. The second-order valence-electron chi connectivity index (χ2n) is 16.7. The summed E-state index contributed by atoms with van der Waals surface area (Å²) in [5.74, 6) is -2.39. The van der Waals surface area contributed by atoms with Crippen LogP contribution in [0.1, 0.15) is 115 Å². The largest absolute Gasteiger partial charge is 0.493 e. The Morgan fingerprint density at radius 2 is 1.52 bits per heavy atom. The van der Waals surface area contributed by atoms with Gasteiger partial charge < -0.3 is 25.0 Å². The number of unbranched alkanes of at least 4 members (excludes halogenated alkanes) is 6. The minimum absolute atomic E-state index is 0.0377. The molecule has 0 radical (unpaired) electrons. The maximum absolute atomic E-state index is 14.0. The van der Waals surface area contributed by atoms with Crippen LogP contribution < -0.4 is 25.4 Å². The molecule has 3 aromatic rings. The first-order chi connectivity index (χ1) is 30.7. The number of benzene rings is 3. The summed E-state index contributed by atoms with van der Waals surface area (Å²) in [7, 11) is -2.19. The highest BCUT2D eigenvalue weighted by atomic mass is 32.2. The van der Waals surface area contributed by atoms with Gasteiger partial charge in [-0.2, -0.15) is 0 Å². The van der Waals surface area contributed by atoms with Crippen molar-refractivity contribution >= 4 is 56.7 Å². The second-order valence-corrected chi connectivity index (χ2v) is 18.9. The van der Waals surface area contributed by atoms with Gasteiger partial charge in [0.15, 0.2) is 11.5 Å². The molecule has 0 saturated carbocycles. The summed E-state index contributed by atoms with van der Waals surface area (Å²) in [6, 6.07) is 15.6. The number of anilines is 2. The van der Waals surface area contributed by atoms with E-state index in [1.54, 1.807) is 43.3 Å². The van der Waals surface area contributed by atoms with E-state index >= 15 is 0 Å². The van der Waals surface area contributed by atoms with Crippen LogP contribution in [0.25, 0.3) is 0 Å². The van der Waals surface area contributed by atoms with E-state index in [1.807, 2.05) is 18.2 Å². The number of sulfone groups is 1. The highest BCUT2D eigenvalue weighted by Crippen LogP contribution is 2.39. The van der Waals surface area contributed by atoms with Crippen molar-refractivity contribution in [3.8, 4) is 11.5 Å². The molecule has 2 saturated heterocycles. The van der Waals surface area contributed by atoms with Crippen LogP contribution in [-0.2, 0) is 29.0 Å². The first kappa shape index (κ1) is 47.8. The highest BCUT2D eigenvalue weighted by Gasteiger charge is 2.43. The van der Waals surface area contributed by atoms with Gasteiger partial charge in [-0.15, -0.1) is 0 Å². The minimum atomic E-state index is -3.67. The molecule has 2 fully saturated rings. The van der Waals surface area contributed by atoms with Crippen LogP contribution >= 0.6 is 0 Å². The Kier molecular flexibility index (Phi) is 16.7. The zero-order valence-electron chi connectivity index (χ0n) is 37.0. The number of methoxy groups -OCH3 is 1. The summed E-state index contributed by atoms with van der Waals surface area (Å²) < 4.78 is 36.3. The van der Waals surface area contributed by atoms with Crippen LogP contribution in [-0.4, -0.2) is 124 Å². The molecule has 2 atom stereocenters. The van der Waals surface area contributed by atoms with Crippen molar-refractivity contribution in [1.82, 2.24) is 20.0 Å². The Hall–Kier alpha value is -5.65. The molecule has 3 aliphatic rings. The van der Waals surface area contributed by atoms with Gasteiger partial charge in [0.2, 0.25) is 23.6 Å². The zero-order valence-corrected chi connectivity index (χ0v) is 37.8. The van der Waals surface area contributed by atoms with Crippen LogP contribution in [0.2, 0.25) is 0 Å². The Morgan fingerprint density at radius 3 is 2.22 bits per heavy atom. The van der Waals surface area contributed by atoms with E-state index in [-0.39, 0.29) is 46.9 Å². The average molecular weight is 901 g/mol. The molecule has 6 amide bonds. The van der Waals surface area contributed by atoms with Gasteiger partial charge in [0.05, 0.1) is 54.8 Å². The van der Waals surface area contributed by atoms with Gasteiger partial charge in [0.1, 0.15) is 9.84 Å². The van der Waals surface area contributed by atoms with Crippen molar-refractivity contribution in [2.75, 3.05) is 75.6 Å². The van der Waals surface area contributed by atoms with E-state index < -0.39 is 39.4 Å². The fourth-order valence-corrected chi connectivity index (χ4v) is 9.52. The molecule has 3 heterocycles. The van der Waals surface area contributed by atoms with Gasteiger partial charge in [-0.25, -0.2) is 8.42 Å². The number of nitrogens with one attached hydrogen (secondary N) is 3. The number of carbonyl (C=O) groups excluding carboxylic acids is 6. The number of fused-ring (bicyclic) bond motifs is 1. The fraction of sp³-hybridized carbons (Fsp3) is 0.489. The predicted molar refractivity (Wildman–Crippen MR) is 242 cm³/mol. The molecule has 64 heavy (non-hydrogen) atoms. The number of hydrogen-bond acceptors (Lipinski definition) is 12. The van der Waals surface area contributed by atoms with Crippen LogP contribution in [0.4, 0.5) is 11.4 Å². The standard InChI is InChI=1S/C47H60N6O10S/c1-4-63-40-29-33(19-21-39(40)62-2)38(31-64(3,60)61)53-46(58)36-16-13-17-37(44(36)47(53)59)49-41(54)18-10-8-6-5-7-9-11-23-51-24-26-52(27-25-51)30-43(56)48-34-15-12-14-32(28-34)35-20-22-42(55)50-45(35)57/h12-17,19,21,28-29,35,38H,4-11,18,20,22-27,30-31H2,1-3H3,(H,48,56)(H,49,54)(H,50,55,57). The third kappa shape index (κ3) is 12.8. The monoisotopic (exact) mass is 900 g/mol.